The minimum atomic E-state index is -3.75. The fourth-order valence-corrected chi connectivity index (χ4v) is 6.22. The average Bonchev–Trinajstić information content (AvgIpc) is 2.42. The lowest BCUT2D eigenvalue weighted by Gasteiger charge is -2.23. The Morgan fingerprint density at radius 3 is 2.31 bits per heavy atom. The van der Waals surface area contributed by atoms with E-state index in [1.54, 1.807) is 0 Å². The number of halogens is 1. The predicted octanol–water partition coefficient (Wildman–Crippen LogP) is 0.268. The predicted molar refractivity (Wildman–Crippen MR) is 63.6 cm³/mol. The maximum Gasteiger partial charge on any atom is 0.228 e. The van der Waals surface area contributed by atoms with E-state index in [0.29, 0.717) is 6.54 Å². The number of alkyl halides is 1. The highest BCUT2D eigenvalue weighted by molar-refractivity contribution is 8.06. The standard InChI is InChI=1S/C8H16ClNO4S2/c1-7-3-4-10(8(7)5-9)16(13,14)6-15(2,11)12/h7-8H,3-6H2,1-2H3. The minimum Gasteiger partial charge on any atom is -0.228 e. The second kappa shape index (κ2) is 4.80. The molecule has 0 aromatic heterocycles. The summed E-state index contributed by atoms with van der Waals surface area (Å²) >= 11 is 5.72. The molecular formula is C8H16ClNO4S2. The Bertz CT molecular complexity index is 445. The van der Waals surface area contributed by atoms with E-state index in [0.717, 1.165) is 12.7 Å². The lowest BCUT2D eigenvalue weighted by atomic mass is 10.1. The smallest absolute Gasteiger partial charge is 0.228 e. The van der Waals surface area contributed by atoms with Crippen molar-refractivity contribution in [3.05, 3.63) is 0 Å². The van der Waals surface area contributed by atoms with Crippen molar-refractivity contribution in [1.82, 2.24) is 4.31 Å². The molecule has 5 nitrogen and oxygen atoms in total. The number of nitrogens with zero attached hydrogens (tertiary/aromatic N) is 1. The summed E-state index contributed by atoms with van der Waals surface area (Å²) in [4.78, 5) is 0. The summed E-state index contributed by atoms with van der Waals surface area (Å²) in [6.07, 6.45) is 1.64. The average molecular weight is 290 g/mol. The number of sulfonamides is 1. The van der Waals surface area contributed by atoms with Gasteiger partial charge < -0.3 is 0 Å². The molecular weight excluding hydrogens is 274 g/mol. The van der Waals surface area contributed by atoms with E-state index in [1.807, 2.05) is 6.92 Å². The van der Waals surface area contributed by atoms with Gasteiger partial charge in [0.1, 0.15) is 0 Å². The van der Waals surface area contributed by atoms with Crippen LogP contribution in [0.15, 0.2) is 0 Å². The summed E-state index contributed by atoms with van der Waals surface area (Å²) in [5, 5.41) is -0.833. The lowest BCUT2D eigenvalue weighted by Crippen LogP contribution is -2.41. The van der Waals surface area contributed by atoms with E-state index < -0.39 is 24.9 Å². The second-order valence-electron chi connectivity index (χ2n) is 4.25. The van der Waals surface area contributed by atoms with Crippen LogP contribution in [0.4, 0.5) is 0 Å². The molecule has 1 saturated heterocycles. The van der Waals surface area contributed by atoms with Crippen molar-refractivity contribution in [2.75, 3.05) is 23.8 Å². The van der Waals surface area contributed by atoms with Gasteiger partial charge in [-0.3, -0.25) is 0 Å². The monoisotopic (exact) mass is 289 g/mol. The van der Waals surface area contributed by atoms with Gasteiger partial charge >= 0.3 is 0 Å². The number of hydrogen-bond donors (Lipinski definition) is 0. The molecule has 1 heterocycles. The summed E-state index contributed by atoms with van der Waals surface area (Å²) in [5.74, 6) is 0.372. The fraction of sp³-hybridized carbons (Fsp3) is 1.00. The Balaban J connectivity index is 2.93. The highest BCUT2D eigenvalue weighted by Gasteiger charge is 2.39. The van der Waals surface area contributed by atoms with Crippen LogP contribution < -0.4 is 0 Å². The Labute approximate surface area is 102 Å². The van der Waals surface area contributed by atoms with Crippen molar-refractivity contribution in [3.8, 4) is 0 Å². The van der Waals surface area contributed by atoms with E-state index in [2.05, 4.69) is 0 Å². The molecule has 0 saturated carbocycles. The molecule has 0 aliphatic carbocycles. The minimum absolute atomic E-state index is 0.173. The largest absolute Gasteiger partial charge is 0.228 e. The molecule has 96 valence electrons. The topological polar surface area (TPSA) is 71.5 Å². The van der Waals surface area contributed by atoms with E-state index in [4.69, 9.17) is 11.6 Å². The maximum atomic E-state index is 11.9. The van der Waals surface area contributed by atoms with Gasteiger partial charge in [-0.1, -0.05) is 6.92 Å². The molecule has 2 unspecified atom stereocenters. The Kier molecular flexibility index (Phi) is 4.26. The van der Waals surface area contributed by atoms with Gasteiger partial charge in [-0.15, -0.1) is 11.6 Å². The van der Waals surface area contributed by atoms with Crippen LogP contribution in [-0.4, -0.2) is 50.9 Å². The van der Waals surface area contributed by atoms with Gasteiger partial charge in [-0.25, -0.2) is 16.8 Å². The van der Waals surface area contributed by atoms with Crippen molar-refractivity contribution >= 4 is 31.5 Å². The van der Waals surface area contributed by atoms with Gasteiger partial charge in [0.2, 0.25) is 10.0 Å². The fourth-order valence-electron chi connectivity index (χ4n) is 1.89. The van der Waals surface area contributed by atoms with Gasteiger partial charge in [0.15, 0.2) is 14.9 Å². The van der Waals surface area contributed by atoms with Crippen LogP contribution >= 0.6 is 11.6 Å². The van der Waals surface area contributed by atoms with Crippen LogP contribution in [0.1, 0.15) is 13.3 Å². The first-order valence-corrected chi connectivity index (χ1v) is 9.11. The molecule has 0 radical (unpaired) electrons. The van der Waals surface area contributed by atoms with E-state index in [-0.39, 0.29) is 17.8 Å². The maximum absolute atomic E-state index is 11.9. The van der Waals surface area contributed by atoms with Crippen molar-refractivity contribution in [2.24, 2.45) is 5.92 Å². The van der Waals surface area contributed by atoms with Gasteiger partial charge in [0.05, 0.1) is 0 Å². The third-order valence-corrected chi connectivity index (χ3v) is 7.10. The zero-order chi connectivity index (χ0) is 12.6. The first-order chi connectivity index (χ1) is 7.17. The zero-order valence-electron chi connectivity index (χ0n) is 9.26. The molecule has 1 aliphatic heterocycles. The van der Waals surface area contributed by atoms with Crippen LogP contribution in [0.3, 0.4) is 0 Å². The molecule has 0 N–H and O–H groups in total. The molecule has 8 heteroatoms. The lowest BCUT2D eigenvalue weighted by molar-refractivity contribution is 0.377. The summed E-state index contributed by atoms with van der Waals surface area (Å²) in [5.41, 5.74) is 0. The molecule has 0 aromatic rings. The first kappa shape index (κ1) is 14.2. The molecule has 0 bridgehead atoms. The Hall–Kier alpha value is 0.150. The Morgan fingerprint density at radius 2 is 1.88 bits per heavy atom. The molecule has 16 heavy (non-hydrogen) atoms. The van der Waals surface area contributed by atoms with Crippen LogP contribution in [0.2, 0.25) is 0 Å². The van der Waals surface area contributed by atoms with Crippen LogP contribution in [-0.2, 0) is 19.9 Å². The SMILES string of the molecule is CC1CCN(S(=O)(=O)CS(C)(=O)=O)C1CCl. The quantitative estimate of drug-likeness (QED) is 0.697. The van der Waals surface area contributed by atoms with Crippen molar-refractivity contribution in [2.45, 2.75) is 19.4 Å². The van der Waals surface area contributed by atoms with Gasteiger partial charge in [-0.05, 0) is 12.3 Å². The molecule has 2 atom stereocenters. The van der Waals surface area contributed by atoms with Gasteiger partial charge in [0, 0.05) is 24.7 Å². The summed E-state index contributed by atoms with van der Waals surface area (Å²) in [6.45, 7) is 2.28. The number of rotatable bonds is 4. The molecule has 0 spiro atoms. The third kappa shape index (κ3) is 3.32. The van der Waals surface area contributed by atoms with E-state index in [9.17, 15) is 16.8 Å². The summed E-state index contributed by atoms with van der Waals surface area (Å²) < 4.78 is 47.0. The van der Waals surface area contributed by atoms with Crippen molar-refractivity contribution < 1.29 is 16.8 Å². The molecule has 1 fully saturated rings. The van der Waals surface area contributed by atoms with Crippen LogP contribution in [0.25, 0.3) is 0 Å². The molecule has 0 aromatic carbocycles. The third-order valence-electron chi connectivity index (χ3n) is 2.71. The van der Waals surface area contributed by atoms with Gasteiger partial charge in [0.25, 0.3) is 0 Å². The second-order valence-corrected chi connectivity index (χ2v) is 8.99. The molecule has 1 rings (SSSR count). The van der Waals surface area contributed by atoms with Crippen LogP contribution in [0.5, 0.6) is 0 Å². The summed E-state index contributed by atoms with van der Waals surface area (Å²) in [7, 11) is -7.29. The van der Waals surface area contributed by atoms with Crippen LogP contribution in [0, 0.1) is 5.92 Å². The molecule has 0 amide bonds. The zero-order valence-corrected chi connectivity index (χ0v) is 11.6. The highest BCUT2D eigenvalue weighted by atomic mass is 35.5. The van der Waals surface area contributed by atoms with Crippen molar-refractivity contribution in [3.63, 3.8) is 0 Å². The molecule has 1 aliphatic rings. The van der Waals surface area contributed by atoms with Crippen molar-refractivity contribution in [1.29, 1.82) is 0 Å². The number of sulfone groups is 1. The highest BCUT2D eigenvalue weighted by Crippen LogP contribution is 2.28. The number of hydrogen-bond acceptors (Lipinski definition) is 4. The Morgan fingerprint density at radius 1 is 1.31 bits per heavy atom. The van der Waals surface area contributed by atoms with E-state index in [1.165, 1.54) is 4.31 Å². The van der Waals surface area contributed by atoms with E-state index >= 15 is 0 Å². The summed E-state index contributed by atoms with van der Waals surface area (Å²) in [6, 6.07) is -0.284. The normalized spacial score (nSPS) is 28.4. The van der Waals surface area contributed by atoms with Gasteiger partial charge in [-0.2, -0.15) is 4.31 Å². The first-order valence-electron chi connectivity index (χ1n) is 4.90.